The maximum Gasteiger partial charge on any atom is 0.0337 e. The summed E-state index contributed by atoms with van der Waals surface area (Å²) in [6.45, 7) is 2.13. The highest BCUT2D eigenvalue weighted by Gasteiger charge is 2.09. The average Bonchev–Trinajstić information content (AvgIpc) is 2.14. The second kappa shape index (κ2) is 3.77. The number of hydrogen-bond donors (Lipinski definition) is 1. The molecular formula is C6H10ClN. The van der Waals surface area contributed by atoms with Crippen LogP contribution in [0.2, 0.25) is 0 Å². The first kappa shape index (κ1) is 7.81. The summed E-state index contributed by atoms with van der Waals surface area (Å²) in [7, 11) is 0. The lowest BCUT2D eigenvalue weighted by molar-refractivity contribution is 0.756. The van der Waals surface area contributed by atoms with E-state index in [4.69, 9.17) is 6.42 Å². The second-order valence-corrected chi connectivity index (χ2v) is 1.86. The van der Waals surface area contributed by atoms with Gasteiger partial charge in [-0.2, -0.15) is 0 Å². The van der Waals surface area contributed by atoms with Crippen LogP contribution in [0.25, 0.3) is 0 Å². The van der Waals surface area contributed by atoms with Crippen molar-refractivity contribution in [2.24, 2.45) is 5.92 Å². The van der Waals surface area contributed by atoms with Crippen molar-refractivity contribution >= 4 is 12.4 Å². The molecule has 0 saturated carbocycles. The summed E-state index contributed by atoms with van der Waals surface area (Å²) in [6.07, 6.45) is 6.31. The van der Waals surface area contributed by atoms with Gasteiger partial charge in [0.2, 0.25) is 0 Å². The molecule has 1 unspecified atom stereocenters. The number of nitrogens with one attached hydrogen (secondary N) is 1. The van der Waals surface area contributed by atoms with Gasteiger partial charge in [0.15, 0.2) is 0 Å². The van der Waals surface area contributed by atoms with Gasteiger partial charge in [-0.05, 0) is 13.0 Å². The van der Waals surface area contributed by atoms with Gasteiger partial charge in [-0.25, -0.2) is 0 Å². The largest absolute Gasteiger partial charge is 0.315 e. The summed E-state index contributed by atoms with van der Waals surface area (Å²) < 4.78 is 0. The summed E-state index contributed by atoms with van der Waals surface area (Å²) >= 11 is 0. The van der Waals surface area contributed by atoms with Crippen molar-refractivity contribution in [1.82, 2.24) is 5.32 Å². The Hall–Kier alpha value is -0.190. The maximum absolute atomic E-state index is 5.14. The van der Waals surface area contributed by atoms with Crippen LogP contribution in [-0.2, 0) is 0 Å². The summed E-state index contributed by atoms with van der Waals surface area (Å²) in [4.78, 5) is 0. The highest BCUT2D eigenvalue weighted by atomic mass is 35.5. The number of rotatable bonds is 0. The molecule has 0 bridgehead atoms. The molecule has 1 N–H and O–H groups in total. The summed E-state index contributed by atoms with van der Waals surface area (Å²) in [5.74, 6) is 3.22. The van der Waals surface area contributed by atoms with Crippen molar-refractivity contribution in [2.45, 2.75) is 6.42 Å². The highest BCUT2D eigenvalue weighted by Crippen LogP contribution is 2.03. The van der Waals surface area contributed by atoms with Crippen molar-refractivity contribution in [3.05, 3.63) is 0 Å². The van der Waals surface area contributed by atoms with Crippen molar-refractivity contribution in [3.63, 3.8) is 0 Å². The Balaban J connectivity index is 0.000000490. The van der Waals surface area contributed by atoms with Crippen LogP contribution < -0.4 is 5.32 Å². The molecule has 0 spiro atoms. The molecule has 0 aliphatic carbocycles. The van der Waals surface area contributed by atoms with Gasteiger partial charge in [-0.15, -0.1) is 24.8 Å². The lowest BCUT2D eigenvalue weighted by Crippen LogP contribution is -2.07. The molecule has 46 valence electrons. The van der Waals surface area contributed by atoms with Gasteiger partial charge in [-0.3, -0.25) is 0 Å². The first-order valence-corrected chi connectivity index (χ1v) is 2.60. The molecule has 0 amide bonds. The van der Waals surface area contributed by atoms with Crippen molar-refractivity contribution in [3.8, 4) is 12.3 Å². The van der Waals surface area contributed by atoms with Crippen LogP contribution >= 0.6 is 12.4 Å². The topological polar surface area (TPSA) is 12.0 Å². The van der Waals surface area contributed by atoms with E-state index in [0.29, 0.717) is 5.92 Å². The smallest absolute Gasteiger partial charge is 0.0337 e. The predicted octanol–water partition coefficient (Wildman–Crippen LogP) is 0.651. The van der Waals surface area contributed by atoms with Gasteiger partial charge in [0.05, 0.1) is 0 Å². The lowest BCUT2D eigenvalue weighted by Gasteiger charge is -1.90. The third-order valence-electron chi connectivity index (χ3n) is 1.30. The standard InChI is InChI=1S/C6H9N.ClH/c1-2-6-3-4-7-5-6;/h1,6-7H,3-5H2;1H. The van der Waals surface area contributed by atoms with E-state index in [2.05, 4.69) is 11.2 Å². The van der Waals surface area contributed by atoms with E-state index in [1.165, 1.54) is 0 Å². The first-order valence-electron chi connectivity index (χ1n) is 2.60. The summed E-state index contributed by atoms with van der Waals surface area (Å²) in [6, 6.07) is 0. The minimum absolute atomic E-state index is 0. The van der Waals surface area contributed by atoms with Crippen molar-refractivity contribution in [2.75, 3.05) is 13.1 Å². The van der Waals surface area contributed by atoms with E-state index in [1.807, 2.05) is 0 Å². The maximum atomic E-state index is 5.14. The van der Waals surface area contributed by atoms with Crippen molar-refractivity contribution in [1.29, 1.82) is 0 Å². The first-order chi connectivity index (χ1) is 3.43. The minimum atomic E-state index is 0. The fourth-order valence-corrected chi connectivity index (χ4v) is 0.797. The summed E-state index contributed by atoms with van der Waals surface area (Å²) in [5.41, 5.74) is 0. The second-order valence-electron chi connectivity index (χ2n) is 1.86. The molecule has 0 aromatic heterocycles. The van der Waals surface area contributed by atoms with Gasteiger partial charge < -0.3 is 5.32 Å². The molecular weight excluding hydrogens is 122 g/mol. The summed E-state index contributed by atoms with van der Waals surface area (Å²) in [5, 5.41) is 3.18. The van der Waals surface area contributed by atoms with Crippen LogP contribution in [0.4, 0.5) is 0 Å². The van der Waals surface area contributed by atoms with Crippen LogP contribution in [-0.4, -0.2) is 13.1 Å². The molecule has 1 atom stereocenters. The third-order valence-corrected chi connectivity index (χ3v) is 1.30. The molecule has 0 radical (unpaired) electrons. The normalized spacial score (nSPS) is 26.1. The van der Waals surface area contributed by atoms with Gasteiger partial charge in [0.25, 0.3) is 0 Å². The van der Waals surface area contributed by atoms with Crippen LogP contribution in [0, 0.1) is 18.3 Å². The average molecular weight is 132 g/mol. The zero-order chi connectivity index (χ0) is 5.11. The van der Waals surface area contributed by atoms with Gasteiger partial charge in [0.1, 0.15) is 0 Å². The van der Waals surface area contributed by atoms with Gasteiger partial charge in [-0.1, -0.05) is 0 Å². The monoisotopic (exact) mass is 131 g/mol. The highest BCUT2D eigenvalue weighted by molar-refractivity contribution is 5.85. The van der Waals surface area contributed by atoms with E-state index < -0.39 is 0 Å². The predicted molar refractivity (Wildman–Crippen MR) is 37.1 cm³/mol. The molecule has 0 aromatic rings. The SMILES string of the molecule is C#CC1CCNC1.Cl. The number of halogens is 1. The molecule has 2 heteroatoms. The molecule has 8 heavy (non-hydrogen) atoms. The van der Waals surface area contributed by atoms with E-state index in [-0.39, 0.29) is 12.4 Å². The fourth-order valence-electron chi connectivity index (χ4n) is 0.797. The molecule has 1 saturated heterocycles. The Morgan fingerprint density at radius 1 is 1.62 bits per heavy atom. The van der Waals surface area contributed by atoms with Crippen LogP contribution in [0.1, 0.15) is 6.42 Å². The zero-order valence-corrected chi connectivity index (χ0v) is 5.50. The zero-order valence-electron chi connectivity index (χ0n) is 4.68. The van der Waals surface area contributed by atoms with Crippen molar-refractivity contribution < 1.29 is 0 Å². The van der Waals surface area contributed by atoms with Crippen LogP contribution in [0.3, 0.4) is 0 Å². The van der Waals surface area contributed by atoms with Gasteiger partial charge in [0, 0.05) is 12.5 Å². The number of terminal acetylenes is 1. The minimum Gasteiger partial charge on any atom is -0.315 e. The number of hydrogen-bond acceptors (Lipinski definition) is 1. The molecule has 1 aliphatic heterocycles. The molecule has 1 fully saturated rings. The molecule has 1 rings (SSSR count). The quantitative estimate of drug-likeness (QED) is 0.476. The van der Waals surface area contributed by atoms with Gasteiger partial charge >= 0.3 is 0 Å². The van der Waals surface area contributed by atoms with E-state index in [9.17, 15) is 0 Å². The van der Waals surface area contributed by atoms with E-state index in [1.54, 1.807) is 0 Å². The Bertz CT molecular complexity index is 89.2. The Morgan fingerprint density at radius 3 is 2.62 bits per heavy atom. The lowest BCUT2D eigenvalue weighted by atomic mass is 10.1. The Morgan fingerprint density at radius 2 is 2.38 bits per heavy atom. The Labute approximate surface area is 56.3 Å². The molecule has 1 nitrogen and oxygen atoms in total. The molecule has 0 aromatic carbocycles. The fraction of sp³-hybridized carbons (Fsp3) is 0.667. The Kier molecular flexibility index (Phi) is 3.68. The molecule has 1 aliphatic rings. The van der Waals surface area contributed by atoms with Crippen LogP contribution in [0.15, 0.2) is 0 Å². The van der Waals surface area contributed by atoms with Crippen LogP contribution in [0.5, 0.6) is 0 Å². The van der Waals surface area contributed by atoms with E-state index in [0.717, 1.165) is 19.5 Å². The third kappa shape index (κ3) is 1.73. The molecule has 1 heterocycles. The van der Waals surface area contributed by atoms with E-state index >= 15 is 0 Å².